The van der Waals surface area contributed by atoms with Crippen LogP contribution in [-0.2, 0) is 11.4 Å². The molecule has 6 nitrogen and oxygen atoms in total. The molecule has 3 aromatic carbocycles. The first-order chi connectivity index (χ1) is 16.7. The monoisotopic (exact) mass is 546 g/mol. The number of carboxylic acid groups (broad SMARTS) is 1. The second-order valence-corrected chi connectivity index (χ2v) is 9.65. The fraction of sp³-hybridized carbons (Fsp3) is 0.0800. The number of hydrogen-bond acceptors (Lipinski definition) is 5. The Morgan fingerprint density at radius 3 is 2.34 bits per heavy atom. The van der Waals surface area contributed by atoms with Crippen LogP contribution in [0, 0.1) is 0 Å². The summed E-state index contributed by atoms with van der Waals surface area (Å²) in [5.41, 5.74) is 2.12. The van der Waals surface area contributed by atoms with Crippen molar-refractivity contribution in [2.75, 3.05) is 7.05 Å². The van der Waals surface area contributed by atoms with Gasteiger partial charge < -0.3 is 9.84 Å². The van der Waals surface area contributed by atoms with Crippen molar-refractivity contribution in [3.63, 3.8) is 0 Å². The van der Waals surface area contributed by atoms with Gasteiger partial charge in [-0.05, 0) is 65.9 Å². The van der Waals surface area contributed by atoms with Crippen LogP contribution in [0.4, 0.5) is 5.69 Å². The highest BCUT2D eigenvalue weighted by Gasteiger charge is 2.30. The van der Waals surface area contributed by atoms with Gasteiger partial charge in [0.15, 0.2) is 10.9 Å². The van der Waals surface area contributed by atoms with E-state index in [1.54, 1.807) is 43.5 Å². The molecule has 3 aromatic rings. The number of carboxylic acids is 1. The van der Waals surface area contributed by atoms with Gasteiger partial charge in [-0.25, -0.2) is 9.79 Å². The number of carbonyl (C=O) groups excluding carboxylic acids is 1. The van der Waals surface area contributed by atoms with Gasteiger partial charge in [0.05, 0.1) is 26.2 Å². The molecule has 10 heteroatoms. The molecule has 1 fully saturated rings. The lowest BCUT2D eigenvalue weighted by Gasteiger charge is -2.12. The Morgan fingerprint density at radius 2 is 1.71 bits per heavy atom. The van der Waals surface area contributed by atoms with Gasteiger partial charge in [-0.3, -0.25) is 9.69 Å². The highest BCUT2D eigenvalue weighted by Crippen LogP contribution is 2.38. The van der Waals surface area contributed by atoms with Gasteiger partial charge in [0.25, 0.3) is 5.91 Å². The second kappa shape index (κ2) is 10.7. The van der Waals surface area contributed by atoms with Gasteiger partial charge in [-0.15, -0.1) is 0 Å². The van der Waals surface area contributed by atoms with Crippen LogP contribution in [0.2, 0.25) is 15.1 Å². The molecule has 0 aromatic heterocycles. The van der Waals surface area contributed by atoms with Gasteiger partial charge in [-0.2, -0.15) is 0 Å². The standard InChI is InChI=1S/C25H17Cl3N2O4S/c1-30-23(31)21(35-25(30)29-17-8-6-15(7-9-17)24(32)33)12-14-10-19(27)22(20(28)11-14)34-13-16-4-2-3-5-18(16)26/h2-12H,13H2,1H3,(H,32,33)/b21-12-,29-25?. The predicted octanol–water partition coefficient (Wildman–Crippen LogP) is 7.16. The summed E-state index contributed by atoms with van der Waals surface area (Å²) in [5.74, 6) is -0.929. The summed E-state index contributed by atoms with van der Waals surface area (Å²) in [6.45, 7) is 0.200. The van der Waals surface area contributed by atoms with E-state index < -0.39 is 5.97 Å². The van der Waals surface area contributed by atoms with Crippen LogP contribution < -0.4 is 4.74 Å². The number of aromatic carboxylic acids is 1. The second-order valence-electron chi connectivity index (χ2n) is 7.41. The number of benzene rings is 3. The molecule has 35 heavy (non-hydrogen) atoms. The summed E-state index contributed by atoms with van der Waals surface area (Å²) >= 11 is 20.2. The Kier molecular flexibility index (Phi) is 7.72. The summed E-state index contributed by atoms with van der Waals surface area (Å²) in [5, 5.41) is 10.7. The van der Waals surface area contributed by atoms with Crippen molar-refractivity contribution in [3.8, 4) is 5.75 Å². The molecule has 1 aliphatic rings. The van der Waals surface area contributed by atoms with E-state index in [2.05, 4.69) is 4.99 Å². The number of amidine groups is 1. The molecule has 0 radical (unpaired) electrons. The third-order valence-electron chi connectivity index (χ3n) is 4.99. The molecule has 1 heterocycles. The fourth-order valence-electron chi connectivity index (χ4n) is 3.16. The molecule has 0 bridgehead atoms. The van der Waals surface area contributed by atoms with Crippen molar-refractivity contribution in [2.24, 2.45) is 4.99 Å². The lowest BCUT2D eigenvalue weighted by atomic mass is 10.2. The van der Waals surface area contributed by atoms with E-state index in [1.165, 1.54) is 28.8 Å². The number of hydrogen-bond donors (Lipinski definition) is 1. The minimum absolute atomic E-state index is 0.158. The highest BCUT2D eigenvalue weighted by atomic mass is 35.5. The van der Waals surface area contributed by atoms with E-state index in [4.69, 9.17) is 44.6 Å². The quantitative estimate of drug-likeness (QED) is 0.331. The number of rotatable bonds is 6. The first-order valence-electron chi connectivity index (χ1n) is 10.2. The maximum absolute atomic E-state index is 12.8. The van der Waals surface area contributed by atoms with Gasteiger partial charge in [0.2, 0.25) is 0 Å². The van der Waals surface area contributed by atoms with Crippen LogP contribution in [0.25, 0.3) is 6.08 Å². The largest absolute Gasteiger partial charge is 0.486 e. The Morgan fingerprint density at radius 1 is 1.06 bits per heavy atom. The average molecular weight is 548 g/mol. The lowest BCUT2D eigenvalue weighted by Crippen LogP contribution is -2.23. The normalized spacial score (nSPS) is 15.8. The average Bonchev–Trinajstić information content (AvgIpc) is 3.07. The Hall–Kier alpha value is -2.97. The number of thioether (sulfide) groups is 1. The lowest BCUT2D eigenvalue weighted by molar-refractivity contribution is -0.121. The smallest absolute Gasteiger partial charge is 0.335 e. The summed E-state index contributed by atoms with van der Waals surface area (Å²) < 4.78 is 5.80. The molecule has 0 aliphatic carbocycles. The van der Waals surface area contributed by atoms with Crippen LogP contribution in [0.3, 0.4) is 0 Å². The molecule has 1 N–H and O–H groups in total. The van der Waals surface area contributed by atoms with E-state index in [9.17, 15) is 9.59 Å². The summed E-state index contributed by atoms with van der Waals surface area (Å²) in [6.07, 6.45) is 1.68. The van der Waals surface area contributed by atoms with E-state index in [1.807, 2.05) is 18.2 Å². The number of likely N-dealkylation sites (N-methyl/N-ethyl adjacent to an activating group) is 1. The number of halogens is 3. The van der Waals surface area contributed by atoms with Crippen molar-refractivity contribution < 1.29 is 19.4 Å². The predicted molar refractivity (Wildman–Crippen MR) is 141 cm³/mol. The van der Waals surface area contributed by atoms with Crippen LogP contribution >= 0.6 is 46.6 Å². The minimum Gasteiger partial charge on any atom is -0.486 e. The SMILES string of the molecule is CN1C(=O)/C(=C/c2cc(Cl)c(OCc3ccccc3Cl)c(Cl)c2)SC1=Nc1ccc(C(=O)O)cc1. The zero-order valence-electron chi connectivity index (χ0n) is 18.2. The Balaban J connectivity index is 1.53. The first kappa shape index (κ1) is 25.1. The molecule has 0 spiro atoms. The summed E-state index contributed by atoms with van der Waals surface area (Å²) in [6, 6.07) is 16.7. The Labute approximate surface area is 220 Å². The molecule has 1 aliphatic heterocycles. The molecular formula is C25H17Cl3N2O4S. The van der Waals surface area contributed by atoms with E-state index in [0.717, 1.165) is 5.56 Å². The van der Waals surface area contributed by atoms with Crippen molar-refractivity contribution in [2.45, 2.75) is 6.61 Å². The van der Waals surface area contributed by atoms with E-state index in [0.29, 0.717) is 42.1 Å². The van der Waals surface area contributed by atoms with Crippen molar-refractivity contribution in [3.05, 3.63) is 97.3 Å². The molecule has 178 valence electrons. The van der Waals surface area contributed by atoms with Crippen LogP contribution in [-0.4, -0.2) is 34.1 Å². The topological polar surface area (TPSA) is 79.2 Å². The molecule has 1 amide bonds. The van der Waals surface area contributed by atoms with Gasteiger partial charge in [0, 0.05) is 17.6 Å². The molecule has 0 atom stereocenters. The highest BCUT2D eigenvalue weighted by molar-refractivity contribution is 8.18. The van der Waals surface area contributed by atoms with E-state index in [-0.39, 0.29) is 18.1 Å². The van der Waals surface area contributed by atoms with Gasteiger partial charge >= 0.3 is 5.97 Å². The molecule has 4 rings (SSSR count). The summed E-state index contributed by atoms with van der Waals surface area (Å²) in [7, 11) is 1.62. The zero-order valence-corrected chi connectivity index (χ0v) is 21.3. The van der Waals surface area contributed by atoms with Crippen molar-refractivity contribution in [1.82, 2.24) is 4.90 Å². The number of amides is 1. The number of aliphatic imine (C=N–C) groups is 1. The third kappa shape index (κ3) is 5.82. The van der Waals surface area contributed by atoms with Crippen LogP contribution in [0.1, 0.15) is 21.5 Å². The van der Waals surface area contributed by atoms with Crippen molar-refractivity contribution >= 4 is 75.4 Å². The molecular weight excluding hydrogens is 531 g/mol. The fourth-order valence-corrected chi connectivity index (χ4v) is 4.95. The first-order valence-corrected chi connectivity index (χ1v) is 12.1. The minimum atomic E-state index is -1.02. The van der Waals surface area contributed by atoms with Crippen molar-refractivity contribution in [1.29, 1.82) is 0 Å². The van der Waals surface area contributed by atoms with E-state index >= 15 is 0 Å². The van der Waals surface area contributed by atoms with Crippen LogP contribution in [0.5, 0.6) is 5.75 Å². The maximum Gasteiger partial charge on any atom is 0.335 e. The number of ether oxygens (including phenoxy) is 1. The van der Waals surface area contributed by atoms with Gasteiger partial charge in [0.1, 0.15) is 6.61 Å². The number of nitrogens with zero attached hydrogens (tertiary/aromatic N) is 2. The number of carbonyl (C=O) groups is 2. The molecule has 0 unspecified atom stereocenters. The Bertz CT molecular complexity index is 1350. The third-order valence-corrected chi connectivity index (χ3v) is 6.98. The van der Waals surface area contributed by atoms with Crippen LogP contribution in [0.15, 0.2) is 70.6 Å². The zero-order chi connectivity index (χ0) is 25.1. The summed E-state index contributed by atoms with van der Waals surface area (Å²) in [4.78, 5) is 30.1. The molecule has 0 saturated carbocycles. The maximum atomic E-state index is 12.8. The molecule has 1 saturated heterocycles. The van der Waals surface area contributed by atoms with Gasteiger partial charge in [-0.1, -0.05) is 53.0 Å².